The van der Waals surface area contributed by atoms with E-state index >= 15 is 0 Å². The predicted molar refractivity (Wildman–Crippen MR) is 133 cm³/mol. The van der Waals surface area contributed by atoms with E-state index in [1.807, 2.05) is 26.0 Å². The molecule has 8 nitrogen and oxygen atoms in total. The standard InChI is InChI=1S/C27H28FN5O3/c1-14(2)26-25(35)20(29)11-23(36-26)18-6-7-30-12-16(18)10-22(34)21-4-3-19(28)24(33-21)17-9-15-5-8-31-27(15)32-13-17/h3-9,12-14,20,23,25-26,35H,10-11,29H2,1-2H3,(H,31,32)/t20-,23-,25+,26-/m1/s1. The minimum absolute atomic E-state index is 0.0142. The Morgan fingerprint density at radius 3 is 2.92 bits per heavy atom. The van der Waals surface area contributed by atoms with Gasteiger partial charge in [0.15, 0.2) is 5.78 Å². The largest absolute Gasteiger partial charge is 0.389 e. The summed E-state index contributed by atoms with van der Waals surface area (Å²) >= 11 is 0. The zero-order valence-corrected chi connectivity index (χ0v) is 20.1. The number of carbonyl (C=O) groups is 1. The van der Waals surface area contributed by atoms with Crippen molar-refractivity contribution in [3.63, 3.8) is 0 Å². The normalized spacial score (nSPS) is 22.3. The molecule has 0 spiro atoms. The Morgan fingerprint density at radius 1 is 1.28 bits per heavy atom. The van der Waals surface area contributed by atoms with Crippen molar-refractivity contribution in [3.05, 3.63) is 77.8 Å². The Balaban J connectivity index is 1.41. The number of nitrogens with zero attached hydrogens (tertiary/aromatic N) is 3. The van der Waals surface area contributed by atoms with Gasteiger partial charge in [-0.1, -0.05) is 13.8 Å². The molecular weight excluding hydrogens is 461 g/mol. The fraction of sp³-hybridized carbons (Fsp3) is 0.333. The number of Topliss-reactive ketones (excluding diaryl/α,β-unsaturated/α-hetero) is 1. The number of ether oxygens (including phenoxy) is 1. The maximum Gasteiger partial charge on any atom is 0.185 e. The zero-order chi connectivity index (χ0) is 25.4. The van der Waals surface area contributed by atoms with Gasteiger partial charge in [-0.2, -0.15) is 0 Å². The smallest absolute Gasteiger partial charge is 0.185 e. The van der Waals surface area contributed by atoms with E-state index in [0.29, 0.717) is 23.2 Å². The van der Waals surface area contributed by atoms with Gasteiger partial charge in [0.2, 0.25) is 0 Å². The summed E-state index contributed by atoms with van der Waals surface area (Å²) in [6, 6.07) is 7.62. The Kier molecular flexibility index (Phi) is 6.61. The minimum Gasteiger partial charge on any atom is -0.389 e. The maximum absolute atomic E-state index is 14.7. The van der Waals surface area contributed by atoms with Crippen molar-refractivity contribution in [3.8, 4) is 11.3 Å². The molecule has 0 radical (unpaired) electrons. The molecule has 0 saturated carbocycles. The van der Waals surface area contributed by atoms with Gasteiger partial charge in [0.25, 0.3) is 0 Å². The summed E-state index contributed by atoms with van der Waals surface area (Å²) in [5.41, 5.74) is 9.09. The highest BCUT2D eigenvalue weighted by molar-refractivity contribution is 5.96. The number of fused-ring (bicyclic) bond motifs is 1. The highest BCUT2D eigenvalue weighted by Gasteiger charge is 2.38. The SMILES string of the molecule is CC(C)[C@H]1O[C@@H](c2ccncc2CC(=O)c2ccc(F)c(-c3cnc4[nH]ccc4c3)n2)C[C@@H](N)[C@@H]1O. The van der Waals surface area contributed by atoms with Gasteiger partial charge in [0.05, 0.1) is 18.3 Å². The highest BCUT2D eigenvalue weighted by Crippen LogP contribution is 2.35. The lowest BCUT2D eigenvalue weighted by Crippen LogP contribution is -2.52. The van der Waals surface area contributed by atoms with Crippen LogP contribution in [0.5, 0.6) is 0 Å². The first kappa shape index (κ1) is 24.2. The molecule has 5 rings (SSSR count). The van der Waals surface area contributed by atoms with Crippen LogP contribution in [-0.2, 0) is 11.2 Å². The van der Waals surface area contributed by atoms with E-state index in [1.54, 1.807) is 24.7 Å². The molecule has 4 aromatic rings. The number of aromatic nitrogens is 4. The lowest BCUT2D eigenvalue weighted by Gasteiger charge is -2.40. The number of ketones is 1. The molecule has 0 aliphatic carbocycles. The lowest BCUT2D eigenvalue weighted by atomic mass is 9.86. The lowest BCUT2D eigenvalue weighted by molar-refractivity contribution is -0.145. The zero-order valence-electron chi connectivity index (χ0n) is 20.1. The van der Waals surface area contributed by atoms with Crippen LogP contribution >= 0.6 is 0 Å². The van der Waals surface area contributed by atoms with E-state index in [4.69, 9.17) is 10.5 Å². The van der Waals surface area contributed by atoms with Crippen LogP contribution in [0.4, 0.5) is 4.39 Å². The third kappa shape index (κ3) is 4.65. The molecule has 0 unspecified atom stereocenters. The molecule has 1 aliphatic heterocycles. The molecule has 1 saturated heterocycles. The molecule has 36 heavy (non-hydrogen) atoms. The van der Waals surface area contributed by atoms with Crippen molar-refractivity contribution in [1.82, 2.24) is 19.9 Å². The Morgan fingerprint density at radius 2 is 2.11 bits per heavy atom. The summed E-state index contributed by atoms with van der Waals surface area (Å²) in [6.45, 7) is 3.95. The highest BCUT2D eigenvalue weighted by atomic mass is 19.1. The number of nitrogens with one attached hydrogen (secondary N) is 1. The number of rotatable bonds is 6. The molecule has 4 aromatic heterocycles. The van der Waals surface area contributed by atoms with Crippen LogP contribution < -0.4 is 5.73 Å². The average molecular weight is 490 g/mol. The van der Waals surface area contributed by atoms with Crippen molar-refractivity contribution in [2.24, 2.45) is 11.7 Å². The van der Waals surface area contributed by atoms with Gasteiger partial charge in [-0.05, 0) is 53.8 Å². The number of pyridine rings is 3. The molecule has 4 atom stereocenters. The number of aliphatic hydroxyl groups is 1. The monoisotopic (exact) mass is 489 g/mol. The molecule has 9 heteroatoms. The summed E-state index contributed by atoms with van der Waals surface area (Å²) in [5, 5.41) is 11.3. The first-order valence-corrected chi connectivity index (χ1v) is 12.0. The van der Waals surface area contributed by atoms with Crippen molar-refractivity contribution < 1.29 is 19.0 Å². The Hall–Kier alpha value is -3.53. The number of aromatic amines is 1. The molecule has 1 aliphatic rings. The summed E-state index contributed by atoms with van der Waals surface area (Å²) in [4.78, 5) is 29.1. The first-order chi connectivity index (χ1) is 17.3. The third-order valence-electron chi connectivity index (χ3n) is 6.68. The van der Waals surface area contributed by atoms with Crippen LogP contribution in [-0.4, -0.2) is 49.1 Å². The van der Waals surface area contributed by atoms with Gasteiger partial charge in [-0.3, -0.25) is 9.78 Å². The molecular formula is C27H28FN5O3. The molecule has 0 aromatic carbocycles. The van der Waals surface area contributed by atoms with Crippen molar-refractivity contribution >= 4 is 16.8 Å². The molecule has 5 heterocycles. The van der Waals surface area contributed by atoms with Gasteiger partial charge >= 0.3 is 0 Å². The third-order valence-corrected chi connectivity index (χ3v) is 6.68. The van der Waals surface area contributed by atoms with E-state index in [2.05, 4.69) is 19.9 Å². The number of halogens is 1. The minimum atomic E-state index is -0.755. The second kappa shape index (κ2) is 9.85. The van der Waals surface area contributed by atoms with Gasteiger partial charge < -0.3 is 20.6 Å². The van der Waals surface area contributed by atoms with E-state index in [1.165, 1.54) is 18.3 Å². The van der Waals surface area contributed by atoms with E-state index in [0.717, 1.165) is 10.9 Å². The summed E-state index contributed by atoms with van der Waals surface area (Å²) in [6.07, 6.45) is 5.45. The van der Waals surface area contributed by atoms with E-state index < -0.39 is 24.1 Å². The Bertz CT molecular complexity index is 1410. The van der Waals surface area contributed by atoms with Crippen LogP contribution in [0.1, 0.15) is 48.0 Å². The van der Waals surface area contributed by atoms with Crippen LogP contribution in [0.25, 0.3) is 22.3 Å². The molecule has 186 valence electrons. The number of aliphatic hydroxyl groups excluding tert-OH is 1. The molecule has 0 bridgehead atoms. The average Bonchev–Trinajstić information content (AvgIpc) is 3.34. The van der Waals surface area contributed by atoms with Gasteiger partial charge in [0, 0.05) is 48.2 Å². The van der Waals surface area contributed by atoms with Crippen LogP contribution in [0.2, 0.25) is 0 Å². The number of carbonyl (C=O) groups excluding carboxylic acids is 1. The second-order valence-corrected chi connectivity index (χ2v) is 9.56. The predicted octanol–water partition coefficient (Wildman–Crippen LogP) is 3.76. The van der Waals surface area contributed by atoms with Gasteiger partial charge in [-0.25, -0.2) is 14.4 Å². The maximum atomic E-state index is 14.7. The van der Waals surface area contributed by atoms with Crippen molar-refractivity contribution in [2.75, 3.05) is 0 Å². The molecule has 0 amide bonds. The second-order valence-electron chi connectivity index (χ2n) is 9.56. The van der Waals surface area contributed by atoms with Crippen molar-refractivity contribution in [2.45, 2.75) is 51.0 Å². The van der Waals surface area contributed by atoms with Crippen LogP contribution in [0.15, 0.2) is 55.1 Å². The number of hydrogen-bond acceptors (Lipinski definition) is 7. The summed E-state index contributed by atoms with van der Waals surface area (Å²) in [7, 11) is 0. The number of nitrogens with two attached hydrogens (primary N) is 1. The number of hydrogen-bond donors (Lipinski definition) is 3. The van der Waals surface area contributed by atoms with Gasteiger partial charge in [-0.15, -0.1) is 0 Å². The number of H-pyrrole nitrogens is 1. The van der Waals surface area contributed by atoms with E-state index in [-0.39, 0.29) is 35.6 Å². The topological polar surface area (TPSA) is 127 Å². The Labute approximate surface area is 207 Å². The fourth-order valence-electron chi connectivity index (χ4n) is 4.74. The van der Waals surface area contributed by atoms with Gasteiger partial charge in [0.1, 0.15) is 22.9 Å². The first-order valence-electron chi connectivity index (χ1n) is 12.0. The summed E-state index contributed by atoms with van der Waals surface area (Å²) < 4.78 is 20.9. The van der Waals surface area contributed by atoms with Crippen LogP contribution in [0, 0.1) is 11.7 Å². The quantitative estimate of drug-likeness (QED) is 0.352. The molecule has 1 fully saturated rings. The van der Waals surface area contributed by atoms with Crippen molar-refractivity contribution in [1.29, 1.82) is 0 Å². The summed E-state index contributed by atoms with van der Waals surface area (Å²) in [5.74, 6) is -0.738. The fourth-order valence-corrected chi connectivity index (χ4v) is 4.74. The molecule has 4 N–H and O–H groups in total. The van der Waals surface area contributed by atoms with Crippen LogP contribution in [0.3, 0.4) is 0 Å². The van der Waals surface area contributed by atoms with E-state index in [9.17, 15) is 14.3 Å².